The lowest BCUT2D eigenvalue weighted by Gasteiger charge is -2.07. The Morgan fingerprint density at radius 1 is 1.22 bits per heavy atom. The Morgan fingerprint density at radius 3 is 2.65 bits per heavy atom. The van der Waals surface area contributed by atoms with Crippen molar-refractivity contribution in [3.05, 3.63) is 45.9 Å². The molecule has 0 saturated carbocycles. The van der Waals surface area contributed by atoms with Crippen molar-refractivity contribution in [2.45, 2.75) is 33.6 Å². The summed E-state index contributed by atoms with van der Waals surface area (Å²) in [5.74, 6) is 0.551. The topological polar surface area (TPSA) is 54.0 Å². The molecule has 0 spiro atoms. The normalized spacial score (nSPS) is 10.8. The highest BCUT2D eigenvalue weighted by Crippen LogP contribution is 2.20. The second kappa shape index (κ2) is 8.67. The number of aromatic nitrogens is 1. The van der Waals surface area contributed by atoms with Gasteiger partial charge in [-0.3, -0.25) is 4.79 Å². The molecule has 0 bridgehead atoms. The van der Waals surface area contributed by atoms with Crippen LogP contribution >= 0.6 is 11.3 Å². The summed E-state index contributed by atoms with van der Waals surface area (Å²) in [6, 6.07) is 10.1. The highest BCUT2D eigenvalue weighted by Gasteiger charge is 2.15. The van der Waals surface area contributed by atoms with E-state index in [4.69, 9.17) is 0 Å². The fraction of sp³-hybridized carbons (Fsp3) is 0.444. The van der Waals surface area contributed by atoms with Crippen molar-refractivity contribution < 1.29 is 4.79 Å². The second-order valence-electron chi connectivity index (χ2n) is 6.02. The number of carbonyl (C=O) groups excluding carboxylic acids is 1. The van der Waals surface area contributed by atoms with Gasteiger partial charge in [-0.05, 0) is 31.4 Å². The molecule has 0 atom stereocenters. The van der Waals surface area contributed by atoms with E-state index < -0.39 is 0 Å². The number of anilines is 1. The number of nitrogens with one attached hydrogen (secondary N) is 2. The first-order chi connectivity index (χ1) is 11.1. The zero-order valence-electron chi connectivity index (χ0n) is 14.1. The Hall–Kier alpha value is -1.88. The van der Waals surface area contributed by atoms with E-state index in [-0.39, 0.29) is 5.91 Å². The predicted molar refractivity (Wildman–Crippen MR) is 97.3 cm³/mol. The average molecular weight is 331 g/mol. The Bertz CT molecular complexity index is 622. The molecule has 2 rings (SSSR count). The third kappa shape index (κ3) is 5.67. The van der Waals surface area contributed by atoms with Crippen LogP contribution in [0.25, 0.3) is 0 Å². The molecular formula is C18H25N3OS. The molecule has 23 heavy (non-hydrogen) atoms. The van der Waals surface area contributed by atoms with E-state index >= 15 is 0 Å². The van der Waals surface area contributed by atoms with Gasteiger partial charge >= 0.3 is 0 Å². The zero-order valence-corrected chi connectivity index (χ0v) is 14.9. The number of para-hydroxylation sites is 1. The third-order valence-electron chi connectivity index (χ3n) is 3.37. The summed E-state index contributed by atoms with van der Waals surface area (Å²) in [6.45, 7) is 7.73. The molecular weight excluding hydrogens is 306 g/mol. The number of amides is 1. The van der Waals surface area contributed by atoms with Gasteiger partial charge in [0.05, 0.1) is 10.7 Å². The van der Waals surface area contributed by atoms with Crippen LogP contribution < -0.4 is 10.6 Å². The van der Waals surface area contributed by atoms with Crippen LogP contribution in [0, 0.1) is 12.8 Å². The zero-order chi connectivity index (χ0) is 16.7. The fourth-order valence-corrected chi connectivity index (χ4v) is 3.45. The smallest absolute Gasteiger partial charge is 0.263 e. The molecule has 4 nitrogen and oxygen atoms in total. The van der Waals surface area contributed by atoms with Crippen molar-refractivity contribution in [3.63, 3.8) is 0 Å². The maximum Gasteiger partial charge on any atom is 0.263 e. The number of carbonyl (C=O) groups is 1. The van der Waals surface area contributed by atoms with E-state index in [9.17, 15) is 4.79 Å². The SMILES string of the molecule is Cc1nc(CC(C)C)sc1C(=O)NCCCNc1ccccc1. The first-order valence-electron chi connectivity index (χ1n) is 8.09. The third-order valence-corrected chi connectivity index (χ3v) is 4.55. The van der Waals surface area contributed by atoms with Crippen molar-refractivity contribution in [3.8, 4) is 0 Å². The number of hydrogen-bond donors (Lipinski definition) is 2. The summed E-state index contributed by atoms with van der Waals surface area (Å²) < 4.78 is 0. The number of hydrogen-bond acceptors (Lipinski definition) is 4. The molecule has 0 aliphatic heterocycles. The van der Waals surface area contributed by atoms with Crippen LogP contribution in [-0.4, -0.2) is 24.0 Å². The van der Waals surface area contributed by atoms with E-state index in [2.05, 4.69) is 29.5 Å². The van der Waals surface area contributed by atoms with Gasteiger partial charge in [0.15, 0.2) is 0 Å². The number of nitrogens with zero attached hydrogens (tertiary/aromatic N) is 1. The van der Waals surface area contributed by atoms with Crippen LogP contribution in [0.2, 0.25) is 0 Å². The quantitative estimate of drug-likeness (QED) is 0.722. The summed E-state index contributed by atoms with van der Waals surface area (Å²) in [4.78, 5) is 17.5. The van der Waals surface area contributed by atoms with Crippen LogP contribution in [-0.2, 0) is 6.42 Å². The van der Waals surface area contributed by atoms with Crippen LogP contribution in [0.5, 0.6) is 0 Å². The molecule has 124 valence electrons. The largest absolute Gasteiger partial charge is 0.385 e. The van der Waals surface area contributed by atoms with Gasteiger partial charge in [-0.1, -0.05) is 32.0 Å². The van der Waals surface area contributed by atoms with Gasteiger partial charge in [0, 0.05) is 25.2 Å². The average Bonchev–Trinajstić information content (AvgIpc) is 2.87. The number of benzene rings is 1. The van der Waals surface area contributed by atoms with Gasteiger partial charge in [-0.15, -0.1) is 11.3 Å². The Labute approximate surface area is 142 Å². The monoisotopic (exact) mass is 331 g/mol. The van der Waals surface area contributed by atoms with E-state index in [0.717, 1.165) is 40.7 Å². The van der Waals surface area contributed by atoms with Crippen LogP contribution in [0.4, 0.5) is 5.69 Å². The maximum absolute atomic E-state index is 12.2. The van der Waals surface area contributed by atoms with Crippen molar-refractivity contribution in [2.75, 3.05) is 18.4 Å². The lowest BCUT2D eigenvalue weighted by molar-refractivity contribution is 0.0957. The summed E-state index contributed by atoms with van der Waals surface area (Å²) >= 11 is 1.52. The highest BCUT2D eigenvalue weighted by atomic mass is 32.1. The lowest BCUT2D eigenvalue weighted by Crippen LogP contribution is -2.25. The summed E-state index contributed by atoms with van der Waals surface area (Å²) in [7, 11) is 0. The molecule has 0 unspecified atom stereocenters. The van der Waals surface area contributed by atoms with Crippen molar-refractivity contribution in [1.29, 1.82) is 0 Å². The minimum absolute atomic E-state index is 0.00489. The van der Waals surface area contributed by atoms with Gasteiger partial charge in [-0.2, -0.15) is 0 Å². The number of aryl methyl sites for hydroxylation is 1. The summed E-state index contributed by atoms with van der Waals surface area (Å²) in [6.07, 6.45) is 1.82. The molecule has 5 heteroatoms. The number of thiazole rings is 1. The van der Waals surface area contributed by atoms with E-state index in [1.807, 2.05) is 37.3 Å². The molecule has 1 aromatic heterocycles. The minimum Gasteiger partial charge on any atom is -0.385 e. The van der Waals surface area contributed by atoms with Crippen molar-refractivity contribution >= 4 is 22.9 Å². The molecule has 0 radical (unpaired) electrons. The maximum atomic E-state index is 12.2. The molecule has 1 heterocycles. The molecule has 0 aliphatic carbocycles. The first kappa shape index (κ1) is 17.5. The van der Waals surface area contributed by atoms with Crippen LogP contribution in [0.15, 0.2) is 30.3 Å². The Balaban J connectivity index is 1.73. The minimum atomic E-state index is -0.00489. The molecule has 1 amide bonds. The molecule has 1 aromatic carbocycles. The molecule has 2 aromatic rings. The Kier molecular flexibility index (Phi) is 6.59. The molecule has 0 saturated heterocycles. The molecule has 2 N–H and O–H groups in total. The summed E-state index contributed by atoms with van der Waals surface area (Å²) in [5.41, 5.74) is 1.95. The molecule has 0 aliphatic rings. The van der Waals surface area contributed by atoms with Crippen LogP contribution in [0.1, 0.15) is 40.6 Å². The fourth-order valence-electron chi connectivity index (χ4n) is 2.26. The molecule has 0 fully saturated rings. The van der Waals surface area contributed by atoms with Crippen LogP contribution in [0.3, 0.4) is 0 Å². The van der Waals surface area contributed by atoms with Gasteiger partial charge in [-0.25, -0.2) is 4.98 Å². The van der Waals surface area contributed by atoms with E-state index in [1.165, 1.54) is 11.3 Å². The van der Waals surface area contributed by atoms with E-state index in [1.54, 1.807) is 0 Å². The lowest BCUT2D eigenvalue weighted by atomic mass is 10.1. The van der Waals surface area contributed by atoms with E-state index in [0.29, 0.717) is 12.5 Å². The predicted octanol–water partition coefficient (Wildman–Crippen LogP) is 3.88. The van der Waals surface area contributed by atoms with Crippen molar-refractivity contribution in [1.82, 2.24) is 10.3 Å². The van der Waals surface area contributed by atoms with Gasteiger partial charge in [0.1, 0.15) is 4.88 Å². The van der Waals surface area contributed by atoms with Gasteiger partial charge in [0.2, 0.25) is 0 Å². The second-order valence-corrected chi connectivity index (χ2v) is 7.11. The Morgan fingerprint density at radius 2 is 1.96 bits per heavy atom. The highest BCUT2D eigenvalue weighted by molar-refractivity contribution is 7.13. The summed E-state index contributed by atoms with van der Waals surface area (Å²) in [5, 5.41) is 7.37. The first-order valence-corrected chi connectivity index (χ1v) is 8.91. The van der Waals surface area contributed by atoms with Crippen molar-refractivity contribution in [2.24, 2.45) is 5.92 Å². The van der Waals surface area contributed by atoms with Gasteiger partial charge < -0.3 is 10.6 Å². The standard InChI is InChI=1S/C18H25N3OS/c1-13(2)12-16-21-14(3)17(23-16)18(22)20-11-7-10-19-15-8-5-4-6-9-15/h4-6,8-9,13,19H,7,10-12H2,1-3H3,(H,20,22). The van der Waals surface area contributed by atoms with Gasteiger partial charge in [0.25, 0.3) is 5.91 Å². The number of rotatable bonds is 8.